The van der Waals surface area contributed by atoms with Gasteiger partial charge in [-0.05, 0) is 37.5 Å². The first-order valence-electron chi connectivity index (χ1n) is 6.19. The van der Waals surface area contributed by atoms with Crippen molar-refractivity contribution in [2.75, 3.05) is 27.3 Å². The number of methoxy groups -OCH3 is 2. The molecule has 0 unspecified atom stereocenters. The highest BCUT2D eigenvalue weighted by Crippen LogP contribution is 2.31. The highest BCUT2D eigenvalue weighted by Gasteiger charge is 2.22. The Balaban J connectivity index is 2.34. The van der Waals surface area contributed by atoms with Crippen LogP contribution in [0.1, 0.15) is 28.8 Å². The maximum absolute atomic E-state index is 12.4. The van der Waals surface area contributed by atoms with E-state index in [2.05, 4.69) is 0 Å². The summed E-state index contributed by atoms with van der Waals surface area (Å²) in [7, 11) is 3.18. The van der Waals surface area contributed by atoms with Crippen LogP contribution in [-0.2, 0) is 0 Å². The summed E-state index contributed by atoms with van der Waals surface area (Å²) in [5.74, 6) is 1.35. The minimum Gasteiger partial charge on any atom is -0.493 e. The van der Waals surface area contributed by atoms with Crippen LogP contribution in [0, 0.1) is 6.92 Å². The van der Waals surface area contributed by atoms with E-state index in [0.29, 0.717) is 17.1 Å². The van der Waals surface area contributed by atoms with Crippen molar-refractivity contribution in [2.24, 2.45) is 0 Å². The van der Waals surface area contributed by atoms with Gasteiger partial charge in [0.2, 0.25) is 0 Å². The predicted molar refractivity (Wildman–Crippen MR) is 69.4 cm³/mol. The van der Waals surface area contributed by atoms with E-state index >= 15 is 0 Å². The van der Waals surface area contributed by atoms with Gasteiger partial charge in [-0.25, -0.2) is 0 Å². The summed E-state index contributed by atoms with van der Waals surface area (Å²) in [6, 6.07) is 3.62. The van der Waals surface area contributed by atoms with E-state index in [-0.39, 0.29) is 5.91 Å². The maximum Gasteiger partial charge on any atom is 0.254 e. The summed E-state index contributed by atoms with van der Waals surface area (Å²) >= 11 is 0. The molecule has 0 saturated carbocycles. The Morgan fingerprint density at radius 3 is 2.22 bits per heavy atom. The third-order valence-corrected chi connectivity index (χ3v) is 3.35. The number of hydrogen-bond acceptors (Lipinski definition) is 3. The van der Waals surface area contributed by atoms with E-state index in [1.165, 1.54) is 0 Å². The number of aryl methyl sites for hydroxylation is 1. The molecular formula is C14H19NO3. The van der Waals surface area contributed by atoms with Gasteiger partial charge < -0.3 is 14.4 Å². The number of benzene rings is 1. The van der Waals surface area contributed by atoms with Crippen LogP contribution in [0.2, 0.25) is 0 Å². The fourth-order valence-corrected chi connectivity index (χ4v) is 2.30. The quantitative estimate of drug-likeness (QED) is 0.824. The first-order valence-corrected chi connectivity index (χ1v) is 6.19. The molecule has 1 aliphatic heterocycles. The Bertz CT molecular complexity index is 451. The first kappa shape index (κ1) is 12.7. The minimum atomic E-state index is 0.0888. The average molecular weight is 249 g/mol. The van der Waals surface area contributed by atoms with Crippen LogP contribution in [-0.4, -0.2) is 38.1 Å². The van der Waals surface area contributed by atoms with E-state index in [1.54, 1.807) is 20.3 Å². The van der Waals surface area contributed by atoms with Gasteiger partial charge in [0.15, 0.2) is 11.5 Å². The third kappa shape index (κ3) is 2.28. The van der Waals surface area contributed by atoms with Gasteiger partial charge in [-0.15, -0.1) is 0 Å². The molecule has 0 N–H and O–H groups in total. The van der Waals surface area contributed by atoms with Crippen LogP contribution in [0.5, 0.6) is 11.5 Å². The van der Waals surface area contributed by atoms with Crippen LogP contribution in [0.4, 0.5) is 0 Å². The van der Waals surface area contributed by atoms with Crippen LogP contribution < -0.4 is 9.47 Å². The van der Waals surface area contributed by atoms with Gasteiger partial charge >= 0.3 is 0 Å². The second-order valence-corrected chi connectivity index (χ2v) is 4.52. The number of rotatable bonds is 3. The zero-order chi connectivity index (χ0) is 13.1. The molecule has 0 radical (unpaired) electrons. The Morgan fingerprint density at radius 1 is 1.11 bits per heavy atom. The predicted octanol–water partition coefficient (Wildman–Crippen LogP) is 2.25. The zero-order valence-electron chi connectivity index (χ0n) is 11.2. The highest BCUT2D eigenvalue weighted by atomic mass is 16.5. The summed E-state index contributed by atoms with van der Waals surface area (Å²) in [6.07, 6.45) is 2.19. The van der Waals surface area contributed by atoms with Crippen LogP contribution >= 0.6 is 0 Å². The molecule has 0 bridgehead atoms. The van der Waals surface area contributed by atoms with E-state index in [0.717, 1.165) is 31.5 Å². The summed E-state index contributed by atoms with van der Waals surface area (Å²) in [4.78, 5) is 14.3. The molecule has 1 aromatic carbocycles. The van der Waals surface area contributed by atoms with Crippen molar-refractivity contribution in [3.63, 3.8) is 0 Å². The van der Waals surface area contributed by atoms with Gasteiger partial charge in [-0.2, -0.15) is 0 Å². The van der Waals surface area contributed by atoms with E-state index in [1.807, 2.05) is 17.9 Å². The number of ether oxygens (including phenoxy) is 2. The summed E-state index contributed by atoms with van der Waals surface area (Å²) < 4.78 is 10.5. The third-order valence-electron chi connectivity index (χ3n) is 3.35. The molecule has 4 heteroatoms. The minimum absolute atomic E-state index is 0.0888. The highest BCUT2D eigenvalue weighted by molar-refractivity contribution is 5.96. The topological polar surface area (TPSA) is 38.8 Å². The second kappa shape index (κ2) is 5.29. The lowest BCUT2D eigenvalue weighted by atomic mass is 10.1. The molecule has 1 saturated heterocycles. The van der Waals surface area contributed by atoms with Gasteiger partial charge in [0.05, 0.1) is 14.2 Å². The molecule has 1 aromatic rings. The first-order chi connectivity index (χ1) is 8.67. The molecule has 98 valence electrons. The maximum atomic E-state index is 12.4. The largest absolute Gasteiger partial charge is 0.493 e. The van der Waals surface area contributed by atoms with Crippen molar-refractivity contribution in [3.8, 4) is 11.5 Å². The molecule has 1 fully saturated rings. The molecule has 2 rings (SSSR count). The van der Waals surface area contributed by atoms with Crippen molar-refractivity contribution < 1.29 is 14.3 Å². The molecule has 1 heterocycles. The SMILES string of the molecule is COc1cc(C)c(C(=O)N2CCCC2)cc1OC. The number of nitrogens with zero attached hydrogens (tertiary/aromatic N) is 1. The van der Waals surface area contributed by atoms with Gasteiger partial charge in [0.1, 0.15) is 0 Å². The van der Waals surface area contributed by atoms with Crippen LogP contribution in [0.3, 0.4) is 0 Å². The van der Waals surface area contributed by atoms with E-state index in [4.69, 9.17) is 9.47 Å². The molecule has 0 spiro atoms. The van der Waals surface area contributed by atoms with Gasteiger partial charge in [0.25, 0.3) is 5.91 Å². The van der Waals surface area contributed by atoms with Gasteiger partial charge in [-0.3, -0.25) is 4.79 Å². The van der Waals surface area contributed by atoms with Crippen molar-refractivity contribution in [3.05, 3.63) is 23.3 Å². The normalized spacial score (nSPS) is 14.7. The summed E-state index contributed by atoms with van der Waals surface area (Å²) in [6.45, 7) is 3.63. The van der Waals surface area contributed by atoms with Crippen LogP contribution in [0.25, 0.3) is 0 Å². The standard InChI is InChI=1S/C14H19NO3/c1-10-8-12(17-2)13(18-3)9-11(10)14(16)15-6-4-5-7-15/h8-9H,4-7H2,1-3H3. The molecular weight excluding hydrogens is 230 g/mol. The molecule has 0 atom stereocenters. The number of carbonyl (C=O) groups is 1. The van der Waals surface area contributed by atoms with Crippen LogP contribution in [0.15, 0.2) is 12.1 Å². The van der Waals surface area contributed by atoms with Crippen molar-refractivity contribution >= 4 is 5.91 Å². The lowest BCUT2D eigenvalue weighted by molar-refractivity contribution is 0.0791. The van der Waals surface area contributed by atoms with E-state index < -0.39 is 0 Å². The lowest BCUT2D eigenvalue weighted by Crippen LogP contribution is -2.28. The van der Waals surface area contributed by atoms with Crippen molar-refractivity contribution in [2.45, 2.75) is 19.8 Å². The van der Waals surface area contributed by atoms with E-state index in [9.17, 15) is 4.79 Å². The Hall–Kier alpha value is -1.71. The fraction of sp³-hybridized carbons (Fsp3) is 0.500. The summed E-state index contributed by atoms with van der Waals surface area (Å²) in [5.41, 5.74) is 1.62. The molecule has 0 aromatic heterocycles. The van der Waals surface area contributed by atoms with Crippen molar-refractivity contribution in [1.82, 2.24) is 4.90 Å². The number of likely N-dealkylation sites (tertiary alicyclic amines) is 1. The molecule has 18 heavy (non-hydrogen) atoms. The number of carbonyl (C=O) groups excluding carboxylic acids is 1. The summed E-state index contributed by atoms with van der Waals surface area (Å²) in [5, 5.41) is 0. The molecule has 0 aliphatic carbocycles. The van der Waals surface area contributed by atoms with Crippen molar-refractivity contribution in [1.29, 1.82) is 0 Å². The monoisotopic (exact) mass is 249 g/mol. The Labute approximate surface area is 107 Å². The average Bonchev–Trinajstić information content (AvgIpc) is 2.91. The van der Waals surface area contributed by atoms with Gasteiger partial charge in [-0.1, -0.05) is 0 Å². The fourth-order valence-electron chi connectivity index (χ4n) is 2.30. The Morgan fingerprint density at radius 2 is 1.67 bits per heavy atom. The smallest absolute Gasteiger partial charge is 0.254 e. The molecule has 1 aliphatic rings. The van der Waals surface area contributed by atoms with Gasteiger partial charge in [0, 0.05) is 18.7 Å². The molecule has 4 nitrogen and oxygen atoms in total. The lowest BCUT2D eigenvalue weighted by Gasteiger charge is -2.18. The Kier molecular flexibility index (Phi) is 3.75. The second-order valence-electron chi connectivity index (χ2n) is 4.52. The number of hydrogen-bond donors (Lipinski definition) is 0. The molecule has 1 amide bonds. The zero-order valence-corrected chi connectivity index (χ0v) is 11.2. The number of amides is 1.